The Morgan fingerprint density at radius 1 is 1.59 bits per heavy atom. The van der Waals surface area contributed by atoms with Gasteiger partial charge in [0.2, 0.25) is 0 Å². The molecule has 0 spiro atoms. The highest BCUT2D eigenvalue weighted by molar-refractivity contribution is 8.00. The van der Waals surface area contributed by atoms with Crippen LogP contribution in [0.5, 0.6) is 0 Å². The van der Waals surface area contributed by atoms with Crippen molar-refractivity contribution in [3.63, 3.8) is 0 Å². The molecule has 17 heavy (non-hydrogen) atoms. The molecule has 2 rings (SSSR count). The Morgan fingerprint density at radius 3 is 3.06 bits per heavy atom. The van der Waals surface area contributed by atoms with Crippen molar-refractivity contribution < 1.29 is 19.0 Å². The van der Waals surface area contributed by atoms with Crippen LogP contribution in [-0.4, -0.2) is 42.6 Å². The van der Waals surface area contributed by atoms with Crippen LogP contribution in [-0.2, 0) is 19.0 Å². The lowest BCUT2D eigenvalue weighted by Gasteiger charge is -2.26. The predicted octanol–water partition coefficient (Wildman–Crippen LogP) is 1.97. The van der Waals surface area contributed by atoms with E-state index in [2.05, 4.69) is 4.74 Å². The van der Waals surface area contributed by atoms with Gasteiger partial charge < -0.3 is 14.2 Å². The second kappa shape index (κ2) is 5.59. The van der Waals surface area contributed by atoms with E-state index in [-0.39, 0.29) is 18.5 Å². The van der Waals surface area contributed by atoms with Crippen LogP contribution in [0.3, 0.4) is 0 Å². The Hall–Kier alpha value is -0.260. The lowest BCUT2D eigenvalue weighted by atomic mass is 10.1. The number of hydrogen-bond acceptors (Lipinski definition) is 5. The summed E-state index contributed by atoms with van der Waals surface area (Å²) in [5, 5.41) is 0.636. The first-order valence-electron chi connectivity index (χ1n) is 6.11. The third kappa shape index (κ3) is 3.60. The Balaban J connectivity index is 1.80. The summed E-state index contributed by atoms with van der Waals surface area (Å²) in [6.45, 7) is 2.46. The minimum absolute atomic E-state index is 0.154. The third-order valence-electron chi connectivity index (χ3n) is 3.23. The molecule has 0 aliphatic carbocycles. The minimum atomic E-state index is -0.513. The average molecular weight is 260 g/mol. The smallest absolute Gasteiger partial charge is 0.308 e. The summed E-state index contributed by atoms with van der Waals surface area (Å²) in [4.78, 5) is 11.2. The van der Waals surface area contributed by atoms with Gasteiger partial charge in [-0.3, -0.25) is 4.79 Å². The van der Waals surface area contributed by atoms with Crippen molar-refractivity contribution in [2.24, 2.45) is 0 Å². The van der Waals surface area contributed by atoms with E-state index in [1.54, 1.807) is 0 Å². The Kier molecular flexibility index (Phi) is 4.33. The van der Waals surface area contributed by atoms with E-state index in [1.807, 2.05) is 18.7 Å². The molecular formula is C12H20O4S. The first-order valence-corrected chi connectivity index (χ1v) is 7.16. The summed E-state index contributed by atoms with van der Waals surface area (Å²) in [6.07, 6.45) is 3.57. The Bertz CT molecular complexity index is 278. The second-order valence-electron chi connectivity index (χ2n) is 4.80. The molecule has 2 fully saturated rings. The van der Waals surface area contributed by atoms with Crippen LogP contribution >= 0.6 is 11.8 Å². The van der Waals surface area contributed by atoms with Gasteiger partial charge in [0, 0.05) is 11.7 Å². The first-order chi connectivity index (χ1) is 8.11. The largest absolute Gasteiger partial charge is 0.469 e. The van der Waals surface area contributed by atoms with Gasteiger partial charge in [0.15, 0.2) is 5.79 Å². The predicted molar refractivity (Wildman–Crippen MR) is 66.0 cm³/mol. The topological polar surface area (TPSA) is 44.8 Å². The molecule has 3 unspecified atom stereocenters. The molecule has 0 N–H and O–H groups in total. The second-order valence-corrected chi connectivity index (χ2v) is 6.21. The SMILES string of the molecule is COC(=O)CC1COC(C)(CC2CCCS2)O1. The Morgan fingerprint density at radius 2 is 2.41 bits per heavy atom. The lowest BCUT2D eigenvalue weighted by molar-refractivity contribution is -0.163. The maximum absolute atomic E-state index is 11.2. The van der Waals surface area contributed by atoms with Gasteiger partial charge in [0.25, 0.3) is 0 Å². The monoisotopic (exact) mass is 260 g/mol. The fourth-order valence-corrected chi connectivity index (χ4v) is 3.81. The van der Waals surface area contributed by atoms with E-state index in [0.717, 1.165) is 6.42 Å². The highest BCUT2D eigenvalue weighted by Crippen LogP contribution is 2.37. The van der Waals surface area contributed by atoms with Gasteiger partial charge in [-0.2, -0.15) is 11.8 Å². The van der Waals surface area contributed by atoms with Crippen LogP contribution in [0.25, 0.3) is 0 Å². The number of carbonyl (C=O) groups is 1. The van der Waals surface area contributed by atoms with E-state index >= 15 is 0 Å². The van der Waals surface area contributed by atoms with E-state index < -0.39 is 5.79 Å². The molecule has 2 saturated heterocycles. The summed E-state index contributed by atoms with van der Waals surface area (Å²) in [5.41, 5.74) is 0. The van der Waals surface area contributed by atoms with Gasteiger partial charge in [-0.05, 0) is 25.5 Å². The minimum Gasteiger partial charge on any atom is -0.469 e. The van der Waals surface area contributed by atoms with Gasteiger partial charge in [-0.1, -0.05) is 0 Å². The van der Waals surface area contributed by atoms with Crippen molar-refractivity contribution >= 4 is 17.7 Å². The molecule has 2 heterocycles. The summed E-state index contributed by atoms with van der Waals surface area (Å²) in [5.74, 6) is 0.491. The highest BCUT2D eigenvalue weighted by Gasteiger charge is 2.40. The van der Waals surface area contributed by atoms with Crippen molar-refractivity contribution in [3.05, 3.63) is 0 Å². The summed E-state index contributed by atoms with van der Waals surface area (Å²) in [7, 11) is 1.40. The molecule has 0 aromatic carbocycles. The van der Waals surface area contributed by atoms with Crippen molar-refractivity contribution in [3.8, 4) is 0 Å². The molecule has 4 nitrogen and oxygen atoms in total. The maximum atomic E-state index is 11.2. The molecule has 0 amide bonds. The van der Waals surface area contributed by atoms with Crippen molar-refractivity contribution in [1.82, 2.24) is 0 Å². The van der Waals surface area contributed by atoms with Gasteiger partial charge >= 0.3 is 5.97 Å². The zero-order valence-corrected chi connectivity index (χ0v) is 11.3. The Labute approximate surface area is 106 Å². The molecule has 2 aliphatic heterocycles. The highest BCUT2D eigenvalue weighted by atomic mass is 32.2. The molecule has 0 bridgehead atoms. The van der Waals surface area contributed by atoms with Gasteiger partial charge in [-0.25, -0.2) is 0 Å². The molecule has 0 radical (unpaired) electrons. The first kappa shape index (κ1) is 13.2. The number of esters is 1. The molecule has 0 aromatic heterocycles. The third-order valence-corrected chi connectivity index (χ3v) is 4.63. The number of methoxy groups -OCH3 is 1. The molecular weight excluding hydrogens is 240 g/mol. The van der Waals surface area contributed by atoms with Gasteiger partial charge in [0.1, 0.15) is 0 Å². The zero-order valence-electron chi connectivity index (χ0n) is 10.4. The van der Waals surface area contributed by atoms with E-state index in [0.29, 0.717) is 11.9 Å². The standard InChI is InChI=1S/C12H20O4S/c1-12(7-10-4-3-5-17-10)15-8-9(16-12)6-11(13)14-2/h9-10H,3-8H2,1-2H3. The van der Waals surface area contributed by atoms with E-state index in [1.165, 1.54) is 25.7 Å². The summed E-state index contributed by atoms with van der Waals surface area (Å²) < 4.78 is 16.2. The van der Waals surface area contributed by atoms with Crippen LogP contribution in [0.15, 0.2) is 0 Å². The molecule has 2 aliphatic rings. The molecule has 3 atom stereocenters. The van der Waals surface area contributed by atoms with Crippen molar-refractivity contribution in [1.29, 1.82) is 0 Å². The summed E-state index contributed by atoms with van der Waals surface area (Å²) in [6, 6.07) is 0. The fraction of sp³-hybridized carbons (Fsp3) is 0.917. The number of ether oxygens (including phenoxy) is 3. The van der Waals surface area contributed by atoms with E-state index in [9.17, 15) is 4.79 Å². The number of thioether (sulfide) groups is 1. The number of hydrogen-bond donors (Lipinski definition) is 0. The number of carbonyl (C=O) groups excluding carboxylic acids is 1. The maximum Gasteiger partial charge on any atom is 0.308 e. The van der Waals surface area contributed by atoms with Crippen LogP contribution in [0.2, 0.25) is 0 Å². The molecule has 5 heteroatoms. The normalized spacial score (nSPS) is 37.3. The molecule has 98 valence electrons. The zero-order chi connectivity index (χ0) is 12.3. The van der Waals surface area contributed by atoms with Crippen LogP contribution in [0.4, 0.5) is 0 Å². The summed E-state index contributed by atoms with van der Waals surface area (Å²) >= 11 is 2.00. The van der Waals surface area contributed by atoms with Crippen LogP contribution in [0.1, 0.15) is 32.6 Å². The van der Waals surface area contributed by atoms with Crippen LogP contribution < -0.4 is 0 Å². The van der Waals surface area contributed by atoms with Gasteiger partial charge in [-0.15, -0.1) is 0 Å². The van der Waals surface area contributed by atoms with E-state index in [4.69, 9.17) is 9.47 Å². The lowest BCUT2D eigenvalue weighted by Crippen LogP contribution is -2.30. The number of rotatable bonds is 4. The molecule has 0 aromatic rings. The van der Waals surface area contributed by atoms with Crippen molar-refractivity contribution in [2.75, 3.05) is 19.5 Å². The average Bonchev–Trinajstić information content (AvgIpc) is 2.89. The fourth-order valence-electron chi connectivity index (χ4n) is 2.39. The molecule has 0 saturated carbocycles. The van der Waals surface area contributed by atoms with Crippen LogP contribution in [0, 0.1) is 0 Å². The van der Waals surface area contributed by atoms with Crippen molar-refractivity contribution in [2.45, 2.75) is 49.7 Å². The quantitative estimate of drug-likeness (QED) is 0.723. The van der Waals surface area contributed by atoms with Gasteiger partial charge in [0.05, 0.1) is 26.2 Å².